The Morgan fingerprint density at radius 1 is 0.969 bits per heavy atom. The van der Waals surface area contributed by atoms with Gasteiger partial charge < -0.3 is 14.9 Å². The van der Waals surface area contributed by atoms with Crippen LogP contribution < -0.4 is 4.90 Å². The average Bonchev–Trinajstić information content (AvgIpc) is 3.45. The van der Waals surface area contributed by atoms with Gasteiger partial charge in [0.25, 0.3) is 0 Å². The number of benzene rings is 1. The SMILES string of the molecule is Cn1cc(-c2ccc3c(N4CCN(C(=O)C[C@@H](O)c5ccccc5)CC4)cnn3c2)cn1. The van der Waals surface area contributed by atoms with E-state index in [4.69, 9.17) is 0 Å². The minimum absolute atomic E-state index is 0.0121. The Labute approximate surface area is 186 Å². The molecular weight excluding hydrogens is 404 g/mol. The number of hydrogen-bond acceptors (Lipinski definition) is 5. The summed E-state index contributed by atoms with van der Waals surface area (Å²) in [7, 11) is 1.90. The number of pyridine rings is 1. The Morgan fingerprint density at radius 3 is 2.47 bits per heavy atom. The topological polar surface area (TPSA) is 78.9 Å². The molecule has 1 N–H and O–H groups in total. The number of fused-ring (bicyclic) bond motifs is 1. The lowest BCUT2D eigenvalue weighted by Gasteiger charge is -2.36. The fraction of sp³-hybridized carbons (Fsp3) is 0.292. The first-order valence-corrected chi connectivity index (χ1v) is 10.8. The molecule has 164 valence electrons. The van der Waals surface area contributed by atoms with E-state index in [0.29, 0.717) is 13.1 Å². The maximum absolute atomic E-state index is 12.7. The van der Waals surface area contributed by atoms with Crippen molar-refractivity contribution in [1.29, 1.82) is 0 Å². The van der Waals surface area contributed by atoms with Crippen molar-refractivity contribution in [1.82, 2.24) is 24.3 Å². The van der Waals surface area contributed by atoms with Crippen LogP contribution in [0.25, 0.3) is 16.6 Å². The molecule has 0 radical (unpaired) electrons. The van der Waals surface area contributed by atoms with Crippen molar-refractivity contribution >= 4 is 17.1 Å². The van der Waals surface area contributed by atoms with Crippen molar-refractivity contribution in [2.45, 2.75) is 12.5 Å². The summed E-state index contributed by atoms with van der Waals surface area (Å²) in [5.74, 6) is -0.0121. The van der Waals surface area contributed by atoms with Crippen LogP contribution in [-0.2, 0) is 11.8 Å². The van der Waals surface area contributed by atoms with E-state index in [2.05, 4.69) is 27.2 Å². The molecule has 1 aliphatic heterocycles. The van der Waals surface area contributed by atoms with Crippen molar-refractivity contribution < 1.29 is 9.90 Å². The number of aliphatic hydroxyl groups is 1. The molecule has 1 aliphatic rings. The fourth-order valence-electron chi connectivity index (χ4n) is 4.24. The molecule has 0 aliphatic carbocycles. The zero-order valence-electron chi connectivity index (χ0n) is 18.0. The molecule has 1 atom stereocenters. The second-order valence-electron chi connectivity index (χ2n) is 8.18. The van der Waals surface area contributed by atoms with Crippen LogP contribution in [-0.4, -0.2) is 61.5 Å². The van der Waals surface area contributed by atoms with Gasteiger partial charge in [0.2, 0.25) is 5.91 Å². The van der Waals surface area contributed by atoms with E-state index in [0.717, 1.165) is 41.0 Å². The standard InChI is InChI=1S/C24H26N6O2/c1-27-16-20(14-25-27)19-7-8-21-22(15-26-30(21)17-19)28-9-11-29(12-10-28)24(32)13-23(31)18-5-3-2-4-6-18/h2-8,14-17,23,31H,9-13H2,1H3/t23-/m1/s1. The highest BCUT2D eigenvalue weighted by Gasteiger charge is 2.25. The van der Waals surface area contributed by atoms with Crippen molar-refractivity contribution in [3.8, 4) is 11.1 Å². The number of rotatable bonds is 5. The van der Waals surface area contributed by atoms with E-state index >= 15 is 0 Å². The second-order valence-corrected chi connectivity index (χ2v) is 8.18. The van der Waals surface area contributed by atoms with Gasteiger partial charge in [0.1, 0.15) is 0 Å². The van der Waals surface area contributed by atoms with Gasteiger partial charge >= 0.3 is 0 Å². The number of anilines is 1. The van der Waals surface area contributed by atoms with Crippen LogP contribution in [0, 0.1) is 0 Å². The first-order chi connectivity index (χ1) is 15.6. The highest BCUT2D eigenvalue weighted by molar-refractivity contribution is 5.78. The molecule has 0 bridgehead atoms. The molecule has 1 amide bonds. The number of carbonyl (C=O) groups is 1. The smallest absolute Gasteiger partial charge is 0.225 e. The zero-order chi connectivity index (χ0) is 22.1. The van der Waals surface area contributed by atoms with E-state index in [1.165, 1.54) is 0 Å². The molecule has 32 heavy (non-hydrogen) atoms. The zero-order valence-corrected chi connectivity index (χ0v) is 18.0. The highest BCUT2D eigenvalue weighted by atomic mass is 16.3. The van der Waals surface area contributed by atoms with Gasteiger partial charge in [0, 0.05) is 56.7 Å². The first kappa shape index (κ1) is 20.3. The average molecular weight is 431 g/mol. The molecule has 4 heterocycles. The maximum atomic E-state index is 12.7. The Kier molecular flexibility index (Phi) is 5.36. The van der Waals surface area contributed by atoms with Crippen molar-refractivity contribution in [3.63, 3.8) is 0 Å². The number of piperazine rings is 1. The van der Waals surface area contributed by atoms with Gasteiger partial charge in [0.05, 0.1) is 36.1 Å². The highest BCUT2D eigenvalue weighted by Crippen LogP contribution is 2.26. The van der Waals surface area contributed by atoms with Crippen molar-refractivity contribution in [2.75, 3.05) is 31.1 Å². The summed E-state index contributed by atoms with van der Waals surface area (Å²) in [6.07, 6.45) is 7.07. The number of nitrogens with zero attached hydrogens (tertiary/aromatic N) is 6. The number of amides is 1. The van der Waals surface area contributed by atoms with Gasteiger partial charge in [-0.3, -0.25) is 9.48 Å². The summed E-state index contributed by atoms with van der Waals surface area (Å²) in [4.78, 5) is 16.8. The quantitative estimate of drug-likeness (QED) is 0.526. The molecule has 5 rings (SSSR count). The van der Waals surface area contributed by atoms with Gasteiger partial charge in [-0.05, 0) is 11.6 Å². The van der Waals surface area contributed by atoms with E-state index in [1.54, 1.807) is 4.68 Å². The van der Waals surface area contributed by atoms with Crippen molar-refractivity contribution in [3.05, 3.63) is 72.8 Å². The molecule has 3 aromatic heterocycles. The van der Waals surface area contributed by atoms with E-state index in [-0.39, 0.29) is 12.3 Å². The summed E-state index contributed by atoms with van der Waals surface area (Å²) in [6, 6.07) is 13.5. The van der Waals surface area contributed by atoms with Crippen LogP contribution in [0.1, 0.15) is 18.1 Å². The van der Waals surface area contributed by atoms with E-state index in [1.807, 2.05) is 71.6 Å². The van der Waals surface area contributed by atoms with Gasteiger partial charge in [-0.25, -0.2) is 4.52 Å². The lowest BCUT2D eigenvalue weighted by molar-refractivity contribution is -0.133. The minimum atomic E-state index is -0.768. The summed E-state index contributed by atoms with van der Waals surface area (Å²) in [5, 5.41) is 19.2. The molecule has 0 spiro atoms. The first-order valence-electron chi connectivity index (χ1n) is 10.8. The van der Waals surface area contributed by atoms with Crippen LogP contribution in [0.4, 0.5) is 5.69 Å². The fourth-order valence-corrected chi connectivity index (χ4v) is 4.24. The molecule has 0 saturated carbocycles. The molecule has 1 aromatic carbocycles. The Balaban J connectivity index is 1.23. The van der Waals surface area contributed by atoms with Gasteiger partial charge in [-0.2, -0.15) is 10.2 Å². The van der Waals surface area contributed by atoms with Gasteiger partial charge in [0.15, 0.2) is 0 Å². The van der Waals surface area contributed by atoms with E-state index in [9.17, 15) is 9.90 Å². The summed E-state index contributed by atoms with van der Waals surface area (Å²) in [6.45, 7) is 2.73. The maximum Gasteiger partial charge on any atom is 0.225 e. The van der Waals surface area contributed by atoms with Crippen molar-refractivity contribution in [2.24, 2.45) is 7.05 Å². The Morgan fingerprint density at radius 2 is 1.75 bits per heavy atom. The normalized spacial score (nSPS) is 15.3. The summed E-state index contributed by atoms with van der Waals surface area (Å²) < 4.78 is 3.68. The summed E-state index contributed by atoms with van der Waals surface area (Å²) in [5.41, 5.74) is 5.00. The number of hydrogen-bond donors (Lipinski definition) is 1. The van der Waals surface area contributed by atoms with Crippen LogP contribution in [0.15, 0.2) is 67.3 Å². The van der Waals surface area contributed by atoms with Gasteiger partial charge in [-0.15, -0.1) is 0 Å². The predicted octanol–water partition coefficient (Wildman–Crippen LogP) is 2.51. The number of aliphatic hydroxyl groups excluding tert-OH is 1. The molecule has 0 unspecified atom stereocenters. The number of aromatic nitrogens is 4. The third-order valence-electron chi connectivity index (χ3n) is 6.06. The second kappa shape index (κ2) is 8.47. The molecule has 4 aromatic rings. The molecule has 8 nitrogen and oxygen atoms in total. The van der Waals surface area contributed by atoms with E-state index < -0.39 is 6.10 Å². The lowest BCUT2D eigenvalue weighted by Crippen LogP contribution is -2.49. The minimum Gasteiger partial charge on any atom is -0.388 e. The Bertz CT molecular complexity index is 1220. The third-order valence-corrected chi connectivity index (χ3v) is 6.06. The molecule has 1 saturated heterocycles. The van der Waals surface area contributed by atoms with Crippen LogP contribution in [0.2, 0.25) is 0 Å². The Hall–Kier alpha value is -3.65. The predicted molar refractivity (Wildman–Crippen MR) is 122 cm³/mol. The van der Waals surface area contributed by atoms with Gasteiger partial charge in [-0.1, -0.05) is 36.4 Å². The monoisotopic (exact) mass is 430 g/mol. The summed E-state index contributed by atoms with van der Waals surface area (Å²) >= 11 is 0. The van der Waals surface area contributed by atoms with Crippen LogP contribution in [0.3, 0.4) is 0 Å². The number of carbonyl (C=O) groups excluding carboxylic acids is 1. The van der Waals surface area contributed by atoms with Crippen LogP contribution >= 0.6 is 0 Å². The molecule has 8 heteroatoms. The van der Waals surface area contributed by atoms with Crippen LogP contribution in [0.5, 0.6) is 0 Å². The lowest BCUT2D eigenvalue weighted by atomic mass is 10.1. The number of aryl methyl sites for hydroxylation is 1. The molecular formula is C24H26N6O2. The molecule has 1 fully saturated rings. The largest absolute Gasteiger partial charge is 0.388 e. The third kappa shape index (κ3) is 3.97.